The maximum absolute atomic E-state index is 13.5. The molecule has 34 heavy (non-hydrogen) atoms. The molecule has 1 aliphatic heterocycles. The summed E-state index contributed by atoms with van der Waals surface area (Å²) in [4.78, 5) is 28.1. The van der Waals surface area contributed by atoms with Crippen molar-refractivity contribution in [1.82, 2.24) is 10.2 Å². The molecule has 2 N–H and O–H groups in total. The van der Waals surface area contributed by atoms with Crippen molar-refractivity contribution in [2.45, 2.75) is 65.0 Å². The molecule has 0 spiro atoms. The summed E-state index contributed by atoms with van der Waals surface area (Å²) in [5, 5.41) is 15.2. The van der Waals surface area contributed by atoms with Crippen LogP contribution in [0.1, 0.15) is 64.5 Å². The van der Waals surface area contributed by atoms with Crippen LogP contribution < -0.4 is 5.32 Å². The molecule has 2 amide bonds. The second-order valence-electron chi connectivity index (χ2n) is 10.6. The number of nitrogens with one attached hydrogen (secondary N) is 1. The van der Waals surface area contributed by atoms with Crippen LogP contribution in [0.2, 0.25) is 5.02 Å². The summed E-state index contributed by atoms with van der Waals surface area (Å²) in [6, 6.07) is 16.6. The zero-order valence-electron chi connectivity index (χ0n) is 20.8. The highest BCUT2D eigenvalue weighted by Gasteiger charge is 2.50. The average Bonchev–Trinajstić information content (AvgIpc) is 2.79. The Labute approximate surface area is 208 Å². The second kappa shape index (κ2) is 10.5. The van der Waals surface area contributed by atoms with Crippen LogP contribution in [0.3, 0.4) is 0 Å². The Balaban J connectivity index is 1.69. The molecule has 0 saturated carbocycles. The third-order valence-corrected chi connectivity index (χ3v) is 7.44. The summed E-state index contributed by atoms with van der Waals surface area (Å²) in [5.74, 6) is -0.213. The van der Waals surface area contributed by atoms with Gasteiger partial charge < -0.3 is 15.3 Å². The molecule has 1 fully saturated rings. The Morgan fingerprint density at radius 3 is 2.24 bits per heavy atom. The number of carbonyl (C=O) groups excluding carboxylic acids is 2. The fourth-order valence-corrected chi connectivity index (χ4v) is 5.02. The molecule has 0 aromatic heterocycles. The van der Waals surface area contributed by atoms with E-state index in [1.54, 1.807) is 17.0 Å². The first-order valence-corrected chi connectivity index (χ1v) is 12.4. The monoisotopic (exact) mass is 484 g/mol. The number of aliphatic hydroxyl groups is 1. The number of piperidine rings is 1. The van der Waals surface area contributed by atoms with Crippen molar-refractivity contribution < 1.29 is 14.7 Å². The molecule has 1 aliphatic rings. The smallest absolute Gasteiger partial charge is 0.245 e. The zero-order valence-corrected chi connectivity index (χ0v) is 21.6. The van der Waals surface area contributed by atoms with Gasteiger partial charge in [-0.25, -0.2) is 0 Å². The molecule has 0 unspecified atom stereocenters. The number of nitrogens with zero attached hydrogens (tertiary/aromatic N) is 1. The zero-order chi connectivity index (χ0) is 25.1. The van der Waals surface area contributed by atoms with E-state index >= 15 is 0 Å². The molecule has 2 aromatic rings. The molecular weight excluding hydrogens is 448 g/mol. The quantitative estimate of drug-likeness (QED) is 0.573. The van der Waals surface area contributed by atoms with Gasteiger partial charge in [-0.2, -0.15) is 0 Å². The van der Waals surface area contributed by atoms with Gasteiger partial charge in [-0.05, 0) is 41.5 Å². The van der Waals surface area contributed by atoms with Gasteiger partial charge in [0.05, 0.1) is 5.60 Å². The normalized spacial score (nSPS) is 21.7. The lowest BCUT2D eigenvalue weighted by Gasteiger charge is -2.51. The maximum Gasteiger partial charge on any atom is 0.245 e. The topological polar surface area (TPSA) is 69.6 Å². The van der Waals surface area contributed by atoms with Gasteiger partial charge in [0.1, 0.15) is 6.04 Å². The van der Waals surface area contributed by atoms with Gasteiger partial charge in [0.2, 0.25) is 11.8 Å². The van der Waals surface area contributed by atoms with Gasteiger partial charge in [0, 0.05) is 29.9 Å². The van der Waals surface area contributed by atoms with E-state index in [1.165, 1.54) is 0 Å². The van der Waals surface area contributed by atoms with Crippen LogP contribution in [-0.4, -0.2) is 41.0 Å². The van der Waals surface area contributed by atoms with E-state index in [1.807, 2.05) is 77.1 Å². The summed E-state index contributed by atoms with van der Waals surface area (Å²) in [7, 11) is 0. The van der Waals surface area contributed by atoms with Gasteiger partial charge >= 0.3 is 0 Å². The van der Waals surface area contributed by atoms with Crippen LogP contribution in [-0.2, 0) is 15.2 Å². The van der Waals surface area contributed by atoms with E-state index < -0.39 is 17.1 Å². The third kappa shape index (κ3) is 5.64. The van der Waals surface area contributed by atoms with Crippen LogP contribution in [0.15, 0.2) is 54.6 Å². The molecule has 0 aliphatic carbocycles. The number of likely N-dealkylation sites (tertiary alicyclic amines) is 1. The summed E-state index contributed by atoms with van der Waals surface area (Å²) in [5.41, 5.74) is 0.250. The Kier molecular flexibility index (Phi) is 8.10. The summed E-state index contributed by atoms with van der Waals surface area (Å²) in [6.07, 6.45) is 0.736. The Bertz CT molecular complexity index is 990. The van der Waals surface area contributed by atoms with Crippen molar-refractivity contribution >= 4 is 23.4 Å². The van der Waals surface area contributed by atoms with Gasteiger partial charge in [-0.1, -0.05) is 88.7 Å². The van der Waals surface area contributed by atoms with Crippen molar-refractivity contribution in [3.63, 3.8) is 0 Å². The Morgan fingerprint density at radius 2 is 1.68 bits per heavy atom. The minimum Gasteiger partial charge on any atom is -0.384 e. The van der Waals surface area contributed by atoms with Crippen LogP contribution in [0.4, 0.5) is 0 Å². The number of halogens is 1. The molecule has 1 heterocycles. The molecule has 0 radical (unpaired) electrons. The van der Waals surface area contributed by atoms with Crippen molar-refractivity contribution in [3.05, 3.63) is 70.7 Å². The molecule has 3 atom stereocenters. The fourth-order valence-electron chi connectivity index (χ4n) is 4.89. The highest BCUT2D eigenvalue weighted by Crippen LogP contribution is 2.46. The molecule has 5 nitrogen and oxygen atoms in total. The van der Waals surface area contributed by atoms with Gasteiger partial charge in [0.25, 0.3) is 0 Å². The molecule has 3 rings (SSSR count). The lowest BCUT2D eigenvalue weighted by molar-refractivity contribution is -0.156. The predicted molar refractivity (Wildman–Crippen MR) is 137 cm³/mol. The van der Waals surface area contributed by atoms with E-state index in [0.29, 0.717) is 31.0 Å². The third-order valence-electron chi connectivity index (χ3n) is 7.19. The number of carbonyl (C=O) groups is 2. The summed E-state index contributed by atoms with van der Waals surface area (Å²) >= 11 is 6.03. The van der Waals surface area contributed by atoms with Gasteiger partial charge in [-0.3, -0.25) is 9.59 Å². The van der Waals surface area contributed by atoms with E-state index in [2.05, 4.69) is 5.32 Å². The number of amides is 2. The lowest BCUT2D eigenvalue weighted by Crippen LogP contribution is -2.60. The fraction of sp³-hybridized carbons (Fsp3) is 0.500. The van der Waals surface area contributed by atoms with E-state index in [4.69, 9.17) is 11.6 Å². The van der Waals surface area contributed by atoms with Crippen molar-refractivity contribution in [2.24, 2.45) is 11.3 Å². The molecule has 184 valence electrons. The van der Waals surface area contributed by atoms with Crippen LogP contribution in [0.25, 0.3) is 0 Å². The average molecular weight is 485 g/mol. The SMILES string of the molecule is CC(C)[C@@H](NC(=O)C[C@@H](C)c1ccccc1)C(=O)N1CC[C@](O)(c2ccc(Cl)cc2)C(C)(C)C1. The first-order valence-electron chi connectivity index (χ1n) is 12.1. The molecule has 2 aromatic carbocycles. The standard InChI is InChI=1S/C28H37ClN2O3/c1-19(2)25(30-24(32)17-20(3)21-9-7-6-8-10-21)26(33)31-16-15-28(34,27(4,5)18-31)22-11-13-23(29)14-12-22/h6-14,19-20,25,34H,15-18H2,1-5H3,(H,30,32)/t20-,25-,28+/m1/s1. The number of hydrogen-bond donors (Lipinski definition) is 2. The molecule has 6 heteroatoms. The van der Waals surface area contributed by atoms with Crippen LogP contribution in [0, 0.1) is 11.3 Å². The van der Waals surface area contributed by atoms with Gasteiger partial charge in [-0.15, -0.1) is 0 Å². The minimum atomic E-state index is -1.07. The predicted octanol–water partition coefficient (Wildman–Crippen LogP) is 5.12. The lowest BCUT2D eigenvalue weighted by atomic mass is 9.66. The number of benzene rings is 2. The van der Waals surface area contributed by atoms with E-state index in [0.717, 1.165) is 11.1 Å². The summed E-state index contributed by atoms with van der Waals surface area (Å²) < 4.78 is 0. The highest BCUT2D eigenvalue weighted by atomic mass is 35.5. The maximum atomic E-state index is 13.5. The largest absolute Gasteiger partial charge is 0.384 e. The Hall–Kier alpha value is -2.37. The minimum absolute atomic E-state index is 0.0522. The van der Waals surface area contributed by atoms with E-state index in [-0.39, 0.29) is 23.7 Å². The van der Waals surface area contributed by atoms with Crippen LogP contribution >= 0.6 is 11.6 Å². The first kappa shape index (κ1) is 26.2. The van der Waals surface area contributed by atoms with E-state index in [9.17, 15) is 14.7 Å². The number of hydrogen-bond acceptors (Lipinski definition) is 3. The highest BCUT2D eigenvalue weighted by molar-refractivity contribution is 6.30. The van der Waals surface area contributed by atoms with Crippen molar-refractivity contribution in [3.8, 4) is 0 Å². The molecule has 0 bridgehead atoms. The van der Waals surface area contributed by atoms with Crippen LogP contribution in [0.5, 0.6) is 0 Å². The number of rotatable bonds is 7. The van der Waals surface area contributed by atoms with Crippen molar-refractivity contribution in [1.29, 1.82) is 0 Å². The molecular formula is C28H37ClN2O3. The Morgan fingerprint density at radius 1 is 1.06 bits per heavy atom. The first-order chi connectivity index (χ1) is 15.9. The van der Waals surface area contributed by atoms with Crippen molar-refractivity contribution in [2.75, 3.05) is 13.1 Å². The second-order valence-corrected chi connectivity index (χ2v) is 11.0. The molecule has 1 saturated heterocycles. The van der Waals surface area contributed by atoms with Gasteiger partial charge in [0.15, 0.2) is 0 Å². The summed E-state index contributed by atoms with van der Waals surface area (Å²) in [6.45, 7) is 10.7.